The van der Waals surface area contributed by atoms with E-state index in [1.54, 1.807) is 17.0 Å². The van der Waals surface area contributed by atoms with Crippen LogP contribution in [-0.4, -0.2) is 35.9 Å². The van der Waals surface area contributed by atoms with Crippen LogP contribution in [0.2, 0.25) is 0 Å². The van der Waals surface area contributed by atoms with E-state index in [0.717, 1.165) is 30.6 Å². The average Bonchev–Trinajstić information content (AvgIpc) is 2.76. The van der Waals surface area contributed by atoms with Crippen LogP contribution in [0.4, 0.5) is 4.39 Å². The first kappa shape index (κ1) is 21.1. The van der Waals surface area contributed by atoms with Gasteiger partial charge in [0.1, 0.15) is 11.6 Å². The van der Waals surface area contributed by atoms with E-state index in [0.29, 0.717) is 31.0 Å². The zero-order valence-electron chi connectivity index (χ0n) is 17.8. The minimum absolute atomic E-state index is 0.0502. The Bertz CT molecular complexity index is 1050. The molecule has 0 radical (unpaired) electrons. The number of carbonyl (C=O) groups is 1. The molecular weight excluding hydrogens is 391 g/mol. The van der Waals surface area contributed by atoms with Gasteiger partial charge in [-0.1, -0.05) is 48.5 Å². The molecule has 0 saturated heterocycles. The van der Waals surface area contributed by atoms with Gasteiger partial charge in [0.2, 0.25) is 0 Å². The number of hydrogen-bond acceptors (Lipinski definition) is 3. The number of ether oxygens (including phenoxy) is 1. The zero-order chi connectivity index (χ0) is 21.6. The number of halogens is 1. The molecule has 3 aromatic carbocycles. The van der Waals surface area contributed by atoms with Crippen LogP contribution in [0.1, 0.15) is 33.5 Å². The predicted molar refractivity (Wildman–Crippen MR) is 119 cm³/mol. The van der Waals surface area contributed by atoms with E-state index in [2.05, 4.69) is 17.0 Å². The Kier molecular flexibility index (Phi) is 6.63. The molecule has 5 heteroatoms. The number of amides is 1. The summed E-state index contributed by atoms with van der Waals surface area (Å²) in [5.74, 6) is 0.349. The number of carbonyl (C=O) groups excluding carboxylic acids is 1. The van der Waals surface area contributed by atoms with Gasteiger partial charge in [0.25, 0.3) is 5.91 Å². The third-order valence-corrected chi connectivity index (χ3v) is 5.45. The first-order valence-electron chi connectivity index (χ1n) is 10.6. The van der Waals surface area contributed by atoms with Gasteiger partial charge in [0.15, 0.2) is 0 Å². The Morgan fingerprint density at radius 3 is 2.55 bits per heavy atom. The summed E-state index contributed by atoms with van der Waals surface area (Å²) in [6.07, 6.45) is 0.799. The fourth-order valence-corrected chi connectivity index (χ4v) is 3.98. The monoisotopic (exact) mass is 418 g/mol. The summed E-state index contributed by atoms with van der Waals surface area (Å²) in [6, 6.07) is 22.5. The van der Waals surface area contributed by atoms with Crippen LogP contribution in [0.25, 0.3) is 0 Å². The maximum absolute atomic E-state index is 13.7. The van der Waals surface area contributed by atoms with Crippen LogP contribution in [0.3, 0.4) is 0 Å². The number of hydrogen-bond donors (Lipinski definition) is 0. The largest absolute Gasteiger partial charge is 0.493 e. The lowest BCUT2D eigenvalue weighted by Gasteiger charge is -2.25. The molecule has 3 aromatic rings. The minimum Gasteiger partial charge on any atom is -0.493 e. The standard InChI is InChI=1S/C26H27FN2O2/c1-28-17-20-7-4-8-21(15-20)18-29(19-22-9-5-10-23(27)16-22)13-6-14-31-25-12-3-2-11-24(25)26(28)30/h2-5,7-12,15-16H,6,13-14,17-19H2,1H3. The molecule has 31 heavy (non-hydrogen) atoms. The molecule has 0 unspecified atom stereocenters. The second kappa shape index (κ2) is 9.75. The maximum atomic E-state index is 13.7. The second-order valence-electron chi connectivity index (χ2n) is 8.02. The Morgan fingerprint density at radius 2 is 1.71 bits per heavy atom. The number of fused-ring (bicyclic) bond motifs is 3. The molecule has 0 saturated carbocycles. The highest BCUT2D eigenvalue weighted by Gasteiger charge is 2.18. The van der Waals surface area contributed by atoms with E-state index in [-0.39, 0.29) is 11.7 Å². The molecule has 2 bridgehead atoms. The van der Waals surface area contributed by atoms with E-state index in [1.165, 1.54) is 11.6 Å². The first-order chi connectivity index (χ1) is 15.1. The minimum atomic E-state index is -0.214. The van der Waals surface area contributed by atoms with Crippen molar-refractivity contribution in [2.24, 2.45) is 0 Å². The summed E-state index contributed by atoms with van der Waals surface area (Å²) in [6.45, 7) is 3.24. The van der Waals surface area contributed by atoms with E-state index in [1.807, 2.05) is 49.5 Å². The molecule has 1 heterocycles. The summed E-state index contributed by atoms with van der Waals surface area (Å²) < 4.78 is 19.7. The molecule has 0 N–H and O–H groups in total. The molecule has 0 fully saturated rings. The predicted octanol–water partition coefficient (Wildman–Crippen LogP) is 4.88. The van der Waals surface area contributed by atoms with Gasteiger partial charge in [-0.25, -0.2) is 4.39 Å². The smallest absolute Gasteiger partial charge is 0.257 e. The summed E-state index contributed by atoms with van der Waals surface area (Å²) in [5, 5.41) is 0. The number of nitrogens with zero attached hydrogens (tertiary/aromatic N) is 2. The van der Waals surface area contributed by atoms with Gasteiger partial charge in [0.05, 0.1) is 12.2 Å². The van der Waals surface area contributed by atoms with Crippen LogP contribution in [0, 0.1) is 5.82 Å². The van der Waals surface area contributed by atoms with Crippen molar-refractivity contribution in [3.63, 3.8) is 0 Å². The summed E-state index contributed by atoms with van der Waals surface area (Å²) in [4.78, 5) is 17.0. The van der Waals surface area contributed by atoms with Crippen molar-refractivity contribution in [1.29, 1.82) is 0 Å². The van der Waals surface area contributed by atoms with Crippen molar-refractivity contribution < 1.29 is 13.9 Å². The van der Waals surface area contributed by atoms with E-state index in [4.69, 9.17) is 4.74 Å². The van der Waals surface area contributed by atoms with Crippen molar-refractivity contribution in [3.05, 3.63) is 101 Å². The van der Waals surface area contributed by atoms with Gasteiger partial charge in [-0.15, -0.1) is 0 Å². The summed E-state index contributed by atoms with van der Waals surface area (Å²) >= 11 is 0. The van der Waals surface area contributed by atoms with Gasteiger partial charge in [-0.2, -0.15) is 0 Å². The van der Waals surface area contributed by atoms with Crippen LogP contribution >= 0.6 is 0 Å². The lowest BCUT2D eigenvalue weighted by molar-refractivity contribution is 0.0780. The highest BCUT2D eigenvalue weighted by atomic mass is 19.1. The average molecular weight is 419 g/mol. The number of para-hydroxylation sites is 1. The van der Waals surface area contributed by atoms with Gasteiger partial charge < -0.3 is 9.64 Å². The van der Waals surface area contributed by atoms with Gasteiger partial charge >= 0.3 is 0 Å². The van der Waals surface area contributed by atoms with Gasteiger partial charge in [-0.3, -0.25) is 9.69 Å². The lowest BCUT2D eigenvalue weighted by Crippen LogP contribution is -2.28. The zero-order valence-corrected chi connectivity index (χ0v) is 17.8. The van der Waals surface area contributed by atoms with E-state index >= 15 is 0 Å². The van der Waals surface area contributed by atoms with Crippen molar-refractivity contribution in [2.75, 3.05) is 20.2 Å². The van der Waals surface area contributed by atoms with Crippen molar-refractivity contribution >= 4 is 5.91 Å². The molecule has 160 valence electrons. The highest BCUT2D eigenvalue weighted by molar-refractivity contribution is 5.96. The van der Waals surface area contributed by atoms with Crippen molar-refractivity contribution in [2.45, 2.75) is 26.1 Å². The van der Waals surface area contributed by atoms with E-state index < -0.39 is 0 Å². The summed E-state index contributed by atoms with van der Waals surface area (Å²) in [5.41, 5.74) is 3.78. The third-order valence-electron chi connectivity index (χ3n) is 5.45. The molecule has 0 spiro atoms. The molecule has 0 aliphatic carbocycles. The normalized spacial score (nSPS) is 15.7. The topological polar surface area (TPSA) is 32.8 Å². The van der Waals surface area contributed by atoms with Crippen molar-refractivity contribution in [1.82, 2.24) is 9.80 Å². The fraction of sp³-hybridized carbons (Fsp3) is 0.269. The summed E-state index contributed by atoms with van der Waals surface area (Å²) in [7, 11) is 1.81. The third kappa shape index (κ3) is 5.50. The molecular formula is C26H27FN2O2. The first-order valence-corrected chi connectivity index (χ1v) is 10.6. The number of rotatable bonds is 2. The Labute approximate surface area is 182 Å². The lowest BCUT2D eigenvalue weighted by atomic mass is 10.1. The van der Waals surface area contributed by atoms with Crippen LogP contribution in [0.15, 0.2) is 72.8 Å². The molecule has 1 amide bonds. The maximum Gasteiger partial charge on any atom is 0.257 e. The van der Waals surface area contributed by atoms with Crippen LogP contribution in [-0.2, 0) is 19.6 Å². The quantitative estimate of drug-likeness (QED) is 0.595. The van der Waals surface area contributed by atoms with Crippen molar-refractivity contribution in [3.8, 4) is 5.75 Å². The molecule has 1 aliphatic heterocycles. The highest BCUT2D eigenvalue weighted by Crippen LogP contribution is 2.22. The van der Waals surface area contributed by atoms with E-state index in [9.17, 15) is 9.18 Å². The molecule has 4 nitrogen and oxygen atoms in total. The number of benzene rings is 3. The molecule has 4 rings (SSSR count). The molecule has 0 aromatic heterocycles. The second-order valence-corrected chi connectivity index (χ2v) is 8.02. The van der Waals surface area contributed by atoms with Crippen LogP contribution in [0.5, 0.6) is 5.75 Å². The van der Waals surface area contributed by atoms with Crippen LogP contribution < -0.4 is 4.74 Å². The van der Waals surface area contributed by atoms with Gasteiger partial charge in [0, 0.05) is 33.2 Å². The molecule has 0 atom stereocenters. The SMILES string of the molecule is CN1Cc2cccc(c2)CN(Cc2cccc(F)c2)CCCOc2ccccc2C1=O. The fourth-order valence-electron chi connectivity index (χ4n) is 3.98. The Balaban J connectivity index is 1.61. The molecule has 1 aliphatic rings. The van der Waals surface area contributed by atoms with Gasteiger partial charge in [-0.05, 0) is 47.4 Å². The Morgan fingerprint density at radius 1 is 0.935 bits per heavy atom. The Hall–Kier alpha value is -3.18.